The molecule has 0 bridgehead atoms. The van der Waals surface area contributed by atoms with Crippen LogP contribution in [0.1, 0.15) is 44.7 Å². The van der Waals surface area contributed by atoms with E-state index in [2.05, 4.69) is 41.4 Å². The van der Waals surface area contributed by atoms with Gasteiger partial charge in [-0.05, 0) is 69.2 Å². The van der Waals surface area contributed by atoms with Crippen LogP contribution >= 0.6 is 15.9 Å². The summed E-state index contributed by atoms with van der Waals surface area (Å²) in [5.41, 5.74) is 1.65. The molecule has 2 aromatic rings. The third-order valence-corrected chi connectivity index (χ3v) is 5.13. The number of rotatable bonds is 8. The van der Waals surface area contributed by atoms with Gasteiger partial charge in [-0.3, -0.25) is 4.79 Å². The molecule has 0 amide bonds. The van der Waals surface area contributed by atoms with Crippen molar-refractivity contribution < 1.29 is 23.8 Å². The van der Waals surface area contributed by atoms with Crippen molar-refractivity contribution in [2.75, 3.05) is 13.7 Å². The average Bonchev–Trinajstić information content (AvgIpc) is 2.75. The first-order valence-corrected chi connectivity index (χ1v) is 10.9. The molecular formula is C25H26BrNO5. The van der Waals surface area contributed by atoms with Crippen LogP contribution in [0, 0.1) is 11.3 Å². The predicted molar refractivity (Wildman–Crippen MR) is 125 cm³/mol. The Hall–Kier alpha value is -3.11. The summed E-state index contributed by atoms with van der Waals surface area (Å²) in [6.07, 6.45) is 2.05. The van der Waals surface area contributed by atoms with E-state index in [-0.39, 0.29) is 17.4 Å². The molecule has 0 N–H and O–H groups in total. The van der Waals surface area contributed by atoms with Gasteiger partial charge in [0.25, 0.3) is 0 Å². The van der Waals surface area contributed by atoms with Gasteiger partial charge in [-0.15, -0.1) is 0 Å². The SMILES string of the molecule is COC(=O)/C(C#N)=C/c1cccc(OC(=O)CCCOc2ccc(C(C)(C)C)cc2Br)c1. The molecule has 6 nitrogen and oxygen atoms in total. The highest BCUT2D eigenvalue weighted by atomic mass is 79.9. The zero-order valence-electron chi connectivity index (χ0n) is 18.6. The molecule has 168 valence electrons. The van der Waals surface area contributed by atoms with E-state index >= 15 is 0 Å². The molecule has 0 heterocycles. The molecule has 0 atom stereocenters. The van der Waals surface area contributed by atoms with Gasteiger partial charge in [0.2, 0.25) is 0 Å². The Morgan fingerprint density at radius 1 is 1.16 bits per heavy atom. The molecule has 0 aromatic heterocycles. The highest BCUT2D eigenvalue weighted by Crippen LogP contribution is 2.31. The van der Waals surface area contributed by atoms with Gasteiger partial charge in [-0.25, -0.2) is 4.79 Å². The summed E-state index contributed by atoms with van der Waals surface area (Å²) in [6, 6.07) is 14.3. The molecule has 32 heavy (non-hydrogen) atoms. The molecule has 0 saturated heterocycles. The van der Waals surface area contributed by atoms with E-state index in [1.807, 2.05) is 18.2 Å². The molecule has 0 aliphatic carbocycles. The molecular weight excluding hydrogens is 474 g/mol. The number of nitriles is 1. The largest absolute Gasteiger partial charge is 0.492 e. The number of nitrogens with zero attached hydrogens (tertiary/aromatic N) is 1. The fourth-order valence-electron chi connectivity index (χ4n) is 2.75. The summed E-state index contributed by atoms with van der Waals surface area (Å²) >= 11 is 3.54. The van der Waals surface area contributed by atoms with Gasteiger partial charge < -0.3 is 14.2 Å². The lowest BCUT2D eigenvalue weighted by Gasteiger charge is -2.20. The van der Waals surface area contributed by atoms with Crippen molar-refractivity contribution in [3.63, 3.8) is 0 Å². The van der Waals surface area contributed by atoms with Gasteiger partial charge in [-0.2, -0.15) is 5.26 Å². The van der Waals surface area contributed by atoms with Crippen molar-refractivity contribution in [1.82, 2.24) is 0 Å². The van der Waals surface area contributed by atoms with Crippen molar-refractivity contribution in [2.24, 2.45) is 0 Å². The summed E-state index contributed by atoms with van der Waals surface area (Å²) in [7, 11) is 1.20. The average molecular weight is 500 g/mol. The number of esters is 2. The number of halogens is 1. The van der Waals surface area contributed by atoms with Crippen molar-refractivity contribution in [2.45, 2.75) is 39.0 Å². The lowest BCUT2D eigenvalue weighted by molar-refractivity contribution is -0.136. The Labute approximate surface area is 196 Å². The first-order valence-electron chi connectivity index (χ1n) is 10.1. The number of benzene rings is 2. The maximum absolute atomic E-state index is 12.2. The number of hydrogen-bond donors (Lipinski definition) is 0. The van der Waals surface area contributed by atoms with Crippen LogP contribution in [-0.2, 0) is 19.7 Å². The molecule has 2 aromatic carbocycles. The van der Waals surface area contributed by atoms with E-state index in [1.54, 1.807) is 30.3 Å². The summed E-state index contributed by atoms with van der Waals surface area (Å²) < 4.78 is 16.6. The lowest BCUT2D eigenvalue weighted by atomic mass is 9.87. The standard InChI is InChI=1S/C25H26BrNO5/c1-25(2,3)19-10-11-22(21(26)15-19)31-12-6-9-23(28)32-20-8-5-7-17(14-20)13-18(16-27)24(29)30-4/h5,7-8,10-11,13-15H,6,9,12H2,1-4H3/b18-13+. The minimum atomic E-state index is -0.727. The van der Waals surface area contributed by atoms with Crippen molar-refractivity contribution >= 4 is 33.9 Å². The van der Waals surface area contributed by atoms with E-state index in [4.69, 9.17) is 14.7 Å². The first-order chi connectivity index (χ1) is 15.1. The van der Waals surface area contributed by atoms with Gasteiger partial charge in [0.1, 0.15) is 23.1 Å². The zero-order valence-corrected chi connectivity index (χ0v) is 20.2. The van der Waals surface area contributed by atoms with E-state index in [9.17, 15) is 9.59 Å². The van der Waals surface area contributed by atoms with Gasteiger partial charge in [-0.1, -0.05) is 39.0 Å². The van der Waals surface area contributed by atoms with Crippen LogP contribution in [0.15, 0.2) is 52.5 Å². The normalized spacial score (nSPS) is 11.4. The zero-order chi connectivity index (χ0) is 23.7. The molecule has 0 radical (unpaired) electrons. The highest BCUT2D eigenvalue weighted by Gasteiger charge is 2.15. The fraction of sp³-hybridized carbons (Fsp3) is 0.320. The Balaban J connectivity index is 1.87. The van der Waals surface area contributed by atoms with Crippen LogP contribution in [0.3, 0.4) is 0 Å². The Morgan fingerprint density at radius 2 is 1.91 bits per heavy atom. The molecule has 2 rings (SSSR count). The van der Waals surface area contributed by atoms with Crippen LogP contribution in [-0.4, -0.2) is 25.7 Å². The van der Waals surface area contributed by atoms with Crippen LogP contribution in [0.25, 0.3) is 6.08 Å². The topological polar surface area (TPSA) is 85.6 Å². The molecule has 7 heteroatoms. The summed E-state index contributed by atoms with van der Waals surface area (Å²) in [4.78, 5) is 23.7. The van der Waals surface area contributed by atoms with Crippen LogP contribution in [0.4, 0.5) is 0 Å². The van der Waals surface area contributed by atoms with Gasteiger partial charge in [0.15, 0.2) is 0 Å². The maximum Gasteiger partial charge on any atom is 0.348 e. The van der Waals surface area contributed by atoms with Crippen molar-refractivity contribution in [3.8, 4) is 17.6 Å². The second-order valence-corrected chi connectivity index (χ2v) is 8.91. The molecule has 0 unspecified atom stereocenters. The maximum atomic E-state index is 12.2. The van der Waals surface area contributed by atoms with E-state index in [0.29, 0.717) is 24.3 Å². The lowest BCUT2D eigenvalue weighted by Crippen LogP contribution is -2.11. The van der Waals surface area contributed by atoms with Crippen molar-refractivity contribution in [3.05, 3.63) is 63.6 Å². The van der Waals surface area contributed by atoms with E-state index in [1.165, 1.54) is 18.7 Å². The molecule has 0 saturated carbocycles. The molecule has 0 aliphatic rings. The van der Waals surface area contributed by atoms with Crippen LogP contribution in [0.5, 0.6) is 11.5 Å². The first kappa shape index (κ1) is 25.2. The van der Waals surface area contributed by atoms with E-state index in [0.717, 1.165) is 10.2 Å². The summed E-state index contributed by atoms with van der Waals surface area (Å²) in [5.74, 6) is -0.0722. The monoisotopic (exact) mass is 499 g/mol. The Morgan fingerprint density at radius 3 is 2.53 bits per heavy atom. The third-order valence-electron chi connectivity index (χ3n) is 4.51. The van der Waals surface area contributed by atoms with Crippen LogP contribution < -0.4 is 9.47 Å². The number of carbonyl (C=O) groups excluding carboxylic acids is 2. The second-order valence-electron chi connectivity index (χ2n) is 8.06. The minimum absolute atomic E-state index is 0.0490. The van der Waals surface area contributed by atoms with Crippen molar-refractivity contribution in [1.29, 1.82) is 5.26 Å². The minimum Gasteiger partial charge on any atom is -0.492 e. The molecule has 0 spiro atoms. The summed E-state index contributed by atoms with van der Waals surface area (Å²) in [6.45, 7) is 6.81. The number of ether oxygens (including phenoxy) is 3. The molecule has 0 aliphatic heterocycles. The van der Waals surface area contributed by atoms with Gasteiger partial charge in [0, 0.05) is 6.42 Å². The quantitative estimate of drug-likeness (QED) is 0.154. The number of hydrogen-bond acceptors (Lipinski definition) is 6. The Kier molecular flexibility index (Phi) is 9.03. The highest BCUT2D eigenvalue weighted by molar-refractivity contribution is 9.10. The van der Waals surface area contributed by atoms with Gasteiger partial charge in [0.05, 0.1) is 18.2 Å². The number of methoxy groups -OCH3 is 1. The summed E-state index contributed by atoms with van der Waals surface area (Å²) in [5, 5.41) is 9.05. The predicted octanol–water partition coefficient (Wildman–Crippen LogP) is 5.59. The fourth-order valence-corrected chi connectivity index (χ4v) is 3.24. The second kappa shape index (κ2) is 11.5. The molecule has 0 fully saturated rings. The van der Waals surface area contributed by atoms with Gasteiger partial charge >= 0.3 is 11.9 Å². The number of carbonyl (C=O) groups is 2. The Bertz CT molecular complexity index is 1050. The van der Waals surface area contributed by atoms with E-state index < -0.39 is 11.9 Å². The van der Waals surface area contributed by atoms with Crippen LogP contribution in [0.2, 0.25) is 0 Å². The smallest absolute Gasteiger partial charge is 0.348 e. The third kappa shape index (κ3) is 7.54.